The van der Waals surface area contributed by atoms with Gasteiger partial charge in [-0.1, -0.05) is 0 Å². The third-order valence-electron chi connectivity index (χ3n) is 2.68. The smallest absolute Gasteiger partial charge is 0.136 e. The molecule has 2 heterocycles. The summed E-state index contributed by atoms with van der Waals surface area (Å²) in [5.74, 6) is 0.278. The summed E-state index contributed by atoms with van der Waals surface area (Å²) in [4.78, 5) is 13.2. The van der Waals surface area contributed by atoms with Crippen molar-refractivity contribution in [2.24, 2.45) is 0 Å². The van der Waals surface area contributed by atoms with Crippen molar-refractivity contribution in [3.05, 3.63) is 0 Å². The van der Waals surface area contributed by atoms with Crippen LogP contribution >= 0.6 is 0 Å². The Hall–Kier alpha value is -0.370. The lowest BCUT2D eigenvalue weighted by atomic mass is 10.0. The Labute approximate surface area is 62.6 Å². The highest BCUT2D eigenvalue weighted by Gasteiger charge is 2.37. The van der Waals surface area contributed by atoms with Gasteiger partial charge in [0.05, 0.1) is 0 Å². The first-order chi connectivity index (χ1) is 5.12. The zero-order valence-electron chi connectivity index (χ0n) is 7.26. The molecule has 2 rings (SSSR count). The van der Waals surface area contributed by atoms with E-state index in [1.807, 2.05) is 7.05 Å². The van der Waals surface area contributed by atoms with E-state index in [2.05, 4.69) is 4.90 Å². The summed E-state index contributed by atoms with van der Waals surface area (Å²) in [6.45, 7) is 0. The van der Waals surface area contributed by atoms with Gasteiger partial charge in [0.25, 0.3) is 0 Å². The van der Waals surface area contributed by atoms with Crippen LogP contribution in [0.5, 0.6) is 0 Å². The monoisotopic (exact) mass is 140 g/mol. The van der Waals surface area contributed by atoms with Crippen molar-refractivity contribution in [2.45, 2.75) is 37.7 Å². The van der Waals surface area contributed by atoms with E-state index < -0.39 is 6.02 Å². The minimum atomic E-state index is -0.542. The average molecular weight is 140 g/mol. The maximum atomic E-state index is 11.1. The fraction of sp³-hybridized carbons (Fsp3) is 0.875. The highest BCUT2D eigenvalue weighted by atomic mass is 16.1. The number of hydrogen-bond donors (Lipinski definition) is 0. The highest BCUT2D eigenvalue weighted by molar-refractivity contribution is 5.80. The van der Waals surface area contributed by atoms with Crippen LogP contribution in [-0.4, -0.2) is 29.8 Å². The third-order valence-corrected chi connectivity index (χ3v) is 2.68. The van der Waals surface area contributed by atoms with Gasteiger partial charge in [0.2, 0.25) is 0 Å². The van der Waals surface area contributed by atoms with Crippen molar-refractivity contribution >= 4 is 5.78 Å². The Morgan fingerprint density at radius 1 is 1.60 bits per heavy atom. The van der Waals surface area contributed by atoms with Gasteiger partial charge in [-0.05, 0) is 19.9 Å². The number of nitrogens with zero attached hydrogens (tertiary/aromatic N) is 1. The summed E-state index contributed by atoms with van der Waals surface area (Å²) >= 11 is 0. The van der Waals surface area contributed by atoms with Crippen molar-refractivity contribution in [1.82, 2.24) is 4.90 Å². The molecule has 0 aliphatic carbocycles. The molecule has 0 aromatic carbocycles. The minimum Gasteiger partial charge on any atom is -0.300 e. The standard InChI is InChI=1S/C8H13NO/c1-9-6-2-3-7(9)5-8(10)4-6/h6-7H,2-5H2,1H3/t6-,7+/i6D/m1/s1. The second-order valence-electron chi connectivity index (χ2n) is 3.29. The molecule has 0 spiro atoms. The Kier molecular flexibility index (Phi) is 1.09. The number of piperidine rings is 1. The predicted molar refractivity (Wildman–Crippen MR) is 38.8 cm³/mol. The Morgan fingerprint density at radius 2 is 2.40 bits per heavy atom. The number of carbonyl (C=O) groups excluding carboxylic acids is 1. The molecule has 0 amide bonds. The summed E-state index contributed by atoms with van der Waals surface area (Å²) in [6, 6.07) is -0.172. The zero-order valence-corrected chi connectivity index (χ0v) is 6.26. The number of carbonyl (C=O) groups is 1. The molecule has 0 N–H and O–H groups in total. The molecule has 0 radical (unpaired) electrons. The first-order valence-electron chi connectivity index (χ1n) is 4.36. The molecule has 2 aliphatic heterocycles. The van der Waals surface area contributed by atoms with E-state index in [-0.39, 0.29) is 5.78 Å². The molecule has 2 fully saturated rings. The number of ketones is 1. The minimum absolute atomic E-state index is 0.278. The van der Waals surface area contributed by atoms with Crippen LogP contribution < -0.4 is 0 Å². The Morgan fingerprint density at radius 3 is 3.10 bits per heavy atom. The van der Waals surface area contributed by atoms with Gasteiger partial charge in [-0.2, -0.15) is 0 Å². The van der Waals surface area contributed by atoms with E-state index in [0.29, 0.717) is 18.9 Å². The summed E-state index contributed by atoms with van der Waals surface area (Å²) in [5.41, 5.74) is 0. The molecule has 2 atom stereocenters. The summed E-state index contributed by atoms with van der Waals surface area (Å²) in [6.07, 6.45) is 3.03. The van der Waals surface area contributed by atoms with Gasteiger partial charge in [-0.15, -0.1) is 0 Å². The van der Waals surface area contributed by atoms with Gasteiger partial charge in [-0.25, -0.2) is 0 Å². The van der Waals surface area contributed by atoms with Gasteiger partial charge >= 0.3 is 0 Å². The largest absolute Gasteiger partial charge is 0.300 e. The SMILES string of the molecule is [2H][C@@]12CC[C@@H](CC(=O)C1)N2C. The number of rotatable bonds is 0. The van der Waals surface area contributed by atoms with Gasteiger partial charge in [0, 0.05) is 26.3 Å². The van der Waals surface area contributed by atoms with Crippen LogP contribution in [0.3, 0.4) is 0 Å². The van der Waals surface area contributed by atoms with Crippen LogP contribution in [0, 0.1) is 0 Å². The van der Waals surface area contributed by atoms with Crippen LogP contribution in [-0.2, 0) is 4.79 Å². The molecule has 0 aromatic heterocycles. The van der Waals surface area contributed by atoms with Crippen LogP contribution in [0.1, 0.15) is 27.1 Å². The Bertz CT molecular complexity index is 206. The molecule has 56 valence electrons. The van der Waals surface area contributed by atoms with Crippen molar-refractivity contribution in [1.29, 1.82) is 0 Å². The summed E-state index contributed by atoms with van der Waals surface area (Å²) in [7, 11) is 1.97. The third kappa shape index (κ3) is 0.788. The molecule has 2 aliphatic rings. The molecule has 2 saturated heterocycles. The van der Waals surface area contributed by atoms with Crippen molar-refractivity contribution < 1.29 is 6.17 Å². The van der Waals surface area contributed by atoms with Crippen LogP contribution in [0.15, 0.2) is 0 Å². The van der Waals surface area contributed by atoms with Gasteiger partial charge in [0.15, 0.2) is 0 Å². The molecule has 2 heteroatoms. The molecule has 0 saturated carbocycles. The number of fused-ring (bicyclic) bond motifs is 2. The second kappa shape index (κ2) is 2.06. The zero-order chi connectivity index (χ0) is 8.06. The lowest BCUT2D eigenvalue weighted by molar-refractivity contribution is -0.123. The van der Waals surface area contributed by atoms with E-state index in [9.17, 15) is 4.79 Å². The van der Waals surface area contributed by atoms with Crippen LogP contribution in [0.2, 0.25) is 0 Å². The Balaban J connectivity index is 2.27. The normalized spacial score (nSPS) is 49.5. The fourth-order valence-corrected chi connectivity index (χ4v) is 1.98. The van der Waals surface area contributed by atoms with E-state index >= 15 is 0 Å². The van der Waals surface area contributed by atoms with E-state index in [0.717, 1.165) is 12.8 Å². The van der Waals surface area contributed by atoms with Gasteiger partial charge < -0.3 is 0 Å². The molecule has 0 unspecified atom stereocenters. The highest BCUT2D eigenvalue weighted by Crippen LogP contribution is 2.31. The first-order valence-corrected chi connectivity index (χ1v) is 3.86. The molecule has 2 bridgehead atoms. The summed E-state index contributed by atoms with van der Waals surface area (Å²) in [5, 5.41) is 0. The topological polar surface area (TPSA) is 20.3 Å². The quantitative estimate of drug-likeness (QED) is 0.496. The van der Waals surface area contributed by atoms with Gasteiger partial charge in [-0.3, -0.25) is 9.69 Å². The number of Topliss-reactive ketones (excluding diaryl/α,β-unsaturated/α-hetero) is 1. The molecular formula is C8H13NO. The number of hydrogen-bond acceptors (Lipinski definition) is 2. The fourth-order valence-electron chi connectivity index (χ4n) is 1.98. The predicted octanol–water partition coefficient (Wildman–Crippen LogP) is 0.812. The summed E-state index contributed by atoms with van der Waals surface area (Å²) < 4.78 is 7.95. The van der Waals surface area contributed by atoms with Crippen molar-refractivity contribution in [3.8, 4) is 0 Å². The van der Waals surface area contributed by atoms with E-state index in [4.69, 9.17) is 1.37 Å². The lowest BCUT2D eigenvalue weighted by Crippen LogP contribution is -2.39. The second-order valence-corrected chi connectivity index (χ2v) is 3.29. The maximum Gasteiger partial charge on any atom is 0.136 e. The molecule has 10 heavy (non-hydrogen) atoms. The molecular weight excluding hydrogens is 126 g/mol. The maximum absolute atomic E-state index is 11.1. The van der Waals surface area contributed by atoms with Crippen molar-refractivity contribution in [2.75, 3.05) is 7.05 Å². The van der Waals surface area contributed by atoms with Gasteiger partial charge in [0.1, 0.15) is 5.78 Å². The van der Waals surface area contributed by atoms with E-state index in [1.54, 1.807) is 0 Å². The average Bonchev–Trinajstić information content (AvgIpc) is 2.17. The molecule has 2 nitrogen and oxygen atoms in total. The van der Waals surface area contributed by atoms with Crippen LogP contribution in [0.25, 0.3) is 0 Å². The van der Waals surface area contributed by atoms with Crippen molar-refractivity contribution in [3.63, 3.8) is 0 Å². The molecule has 0 aromatic rings. The van der Waals surface area contributed by atoms with E-state index in [1.165, 1.54) is 0 Å². The lowest BCUT2D eigenvalue weighted by Gasteiger charge is -2.29. The van der Waals surface area contributed by atoms with Crippen LogP contribution in [0.4, 0.5) is 0 Å². The first kappa shape index (κ1) is 5.30.